The lowest BCUT2D eigenvalue weighted by molar-refractivity contribution is 0.0824. The summed E-state index contributed by atoms with van der Waals surface area (Å²) in [7, 11) is 4.50. The third-order valence-electron chi connectivity index (χ3n) is 4.03. The summed E-state index contributed by atoms with van der Waals surface area (Å²) in [5.74, 6) is 0.713. The van der Waals surface area contributed by atoms with Gasteiger partial charge in [-0.15, -0.1) is 0 Å². The van der Waals surface area contributed by atoms with Gasteiger partial charge in [0, 0.05) is 11.6 Å². The van der Waals surface area contributed by atoms with Gasteiger partial charge in [0.2, 0.25) is 0 Å². The molecule has 0 aromatic rings. The molecule has 0 aliphatic heterocycles. The van der Waals surface area contributed by atoms with E-state index >= 15 is 0 Å². The number of nitrogens with zero attached hydrogens (tertiary/aromatic N) is 1. The van der Waals surface area contributed by atoms with Crippen molar-refractivity contribution in [2.24, 2.45) is 5.92 Å². The Morgan fingerprint density at radius 2 is 1.73 bits per heavy atom. The molecule has 2 nitrogen and oxygen atoms in total. The molecule has 1 saturated carbocycles. The molecule has 1 unspecified atom stereocenters. The van der Waals surface area contributed by atoms with E-state index in [1.165, 1.54) is 25.7 Å². The van der Waals surface area contributed by atoms with Crippen molar-refractivity contribution in [3.8, 4) is 0 Å². The minimum absolute atomic E-state index is 0.407. The molecular formula is C13H28N2. The van der Waals surface area contributed by atoms with Gasteiger partial charge < -0.3 is 10.2 Å². The standard InChI is InChI=1S/C13H28N2/c1-6-14-12(11(2)3)13(15(4)5)9-7-8-10-13/h11-12,14H,6-10H2,1-5H3. The summed E-state index contributed by atoms with van der Waals surface area (Å²) >= 11 is 0. The highest BCUT2D eigenvalue weighted by Gasteiger charge is 2.43. The van der Waals surface area contributed by atoms with Crippen molar-refractivity contribution in [2.75, 3.05) is 20.6 Å². The third kappa shape index (κ3) is 2.54. The molecule has 90 valence electrons. The van der Waals surface area contributed by atoms with Crippen LogP contribution in [0.25, 0.3) is 0 Å². The van der Waals surface area contributed by atoms with Gasteiger partial charge in [0.1, 0.15) is 0 Å². The van der Waals surface area contributed by atoms with Gasteiger partial charge >= 0.3 is 0 Å². The van der Waals surface area contributed by atoms with Crippen LogP contribution in [0.5, 0.6) is 0 Å². The molecule has 1 aliphatic carbocycles. The van der Waals surface area contributed by atoms with Gasteiger partial charge in [-0.25, -0.2) is 0 Å². The summed E-state index contributed by atoms with van der Waals surface area (Å²) in [5.41, 5.74) is 0.407. The van der Waals surface area contributed by atoms with E-state index in [2.05, 4.69) is 45.1 Å². The van der Waals surface area contributed by atoms with Crippen LogP contribution in [-0.2, 0) is 0 Å². The lowest BCUT2D eigenvalue weighted by Gasteiger charge is -2.45. The highest BCUT2D eigenvalue weighted by molar-refractivity contribution is 5.02. The van der Waals surface area contributed by atoms with Crippen LogP contribution in [0.2, 0.25) is 0 Å². The smallest absolute Gasteiger partial charge is 0.0358 e. The zero-order valence-corrected chi connectivity index (χ0v) is 11.1. The van der Waals surface area contributed by atoms with Gasteiger partial charge in [0.15, 0.2) is 0 Å². The average Bonchev–Trinajstić information content (AvgIpc) is 2.63. The Bertz CT molecular complexity index is 181. The summed E-state index contributed by atoms with van der Waals surface area (Å²) in [6.45, 7) is 7.99. The van der Waals surface area contributed by atoms with E-state index in [4.69, 9.17) is 0 Å². The quantitative estimate of drug-likeness (QED) is 0.753. The average molecular weight is 212 g/mol. The zero-order chi connectivity index (χ0) is 11.5. The maximum atomic E-state index is 3.70. The first-order valence-corrected chi connectivity index (χ1v) is 6.45. The van der Waals surface area contributed by atoms with E-state index in [0.717, 1.165) is 6.54 Å². The number of hydrogen-bond acceptors (Lipinski definition) is 2. The molecule has 1 N–H and O–H groups in total. The predicted molar refractivity (Wildman–Crippen MR) is 67.2 cm³/mol. The molecule has 0 aromatic carbocycles. The Morgan fingerprint density at radius 1 is 1.20 bits per heavy atom. The molecule has 0 heterocycles. The van der Waals surface area contributed by atoms with Crippen molar-refractivity contribution >= 4 is 0 Å². The minimum Gasteiger partial charge on any atom is -0.312 e. The van der Waals surface area contributed by atoms with Crippen LogP contribution in [0.4, 0.5) is 0 Å². The largest absolute Gasteiger partial charge is 0.312 e. The third-order valence-corrected chi connectivity index (χ3v) is 4.03. The molecule has 1 atom stereocenters. The van der Waals surface area contributed by atoms with Crippen LogP contribution in [0.3, 0.4) is 0 Å². The topological polar surface area (TPSA) is 15.3 Å². The monoisotopic (exact) mass is 212 g/mol. The van der Waals surface area contributed by atoms with Gasteiger partial charge in [-0.2, -0.15) is 0 Å². The molecule has 1 fully saturated rings. The minimum atomic E-state index is 0.407. The summed E-state index contributed by atoms with van der Waals surface area (Å²) in [5, 5.41) is 3.70. The highest BCUT2D eigenvalue weighted by atomic mass is 15.2. The second-order valence-electron chi connectivity index (χ2n) is 5.48. The maximum Gasteiger partial charge on any atom is 0.0358 e. The number of hydrogen-bond donors (Lipinski definition) is 1. The van der Waals surface area contributed by atoms with Gasteiger partial charge in [-0.05, 0) is 39.4 Å². The molecular weight excluding hydrogens is 184 g/mol. The van der Waals surface area contributed by atoms with E-state index in [1.54, 1.807) is 0 Å². The van der Waals surface area contributed by atoms with Crippen molar-refractivity contribution in [3.05, 3.63) is 0 Å². The molecule has 0 amide bonds. The second-order valence-corrected chi connectivity index (χ2v) is 5.48. The predicted octanol–water partition coefficient (Wildman–Crippen LogP) is 2.49. The van der Waals surface area contributed by atoms with E-state index < -0.39 is 0 Å². The van der Waals surface area contributed by atoms with Crippen LogP contribution >= 0.6 is 0 Å². The van der Waals surface area contributed by atoms with E-state index in [-0.39, 0.29) is 0 Å². The lowest BCUT2D eigenvalue weighted by Crippen LogP contribution is -2.59. The van der Waals surface area contributed by atoms with Crippen LogP contribution in [0.15, 0.2) is 0 Å². The Kier molecular flexibility index (Phi) is 4.60. The normalized spacial score (nSPS) is 22.6. The molecule has 2 heteroatoms. The SMILES string of the molecule is CCNC(C(C)C)C1(N(C)C)CCCC1. The fourth-order valence-corrected chi connectivity index (χ4v) is 3.29. The first-order chi connectivity index (χ1) is 7.04. The van der Waals surface area contributed by atoms with Gasteiger partial charge in [-0.1, -0.05) is 33.6 Å². The molecule has 0 spiro atoms. The van der Waals surface area contributed by atoms with Crippen LogP contribution < -0.4 is 5.32 Å². The van der Waals surface area contributed by atoms with Gasteiger partial charge in [0.25, 0.3) is 0 Å². The molecule has 0 aromatic heterocycles. The molecule has 1 aliphatic rings. The van der Waals surface area contributed by atoms with Crippen molar-refractivity contribution < 1.29 is 0 Å². The first kappa shape index (κ1) is 13.0. The zero-order valence-electron chi connectivity index (χ0n) is 11.1. The van der Waals surface area contributed by atoms with Crippen LogP contribution in [0, 0.1) is 5.92 Å². The Morgan fingerprint density at radius 3 is 2.07 bits per heavy atom. The van der Waals surface area contributed by atoms with Crippen LogP contribution in [0.1, 0.15) is 46.5 Å². The molecule has 0 bridgehead atoms. The van der Waals surface area contributed by atoms with Crippen molar-refractivity contribution in [1.29, 1.82) is 0 Å². The van der Waals surface area contributed by atoms with Crippen molar-refractivity contribution in [1.82, 2.24) is 10.2 Å². The summed E-state index contributed by atoms with van der Waals surface area (Å²) in [6.07, 6.45) is 5.51. The lowest BCUT2D eigenvalue weighted by atomic mass is 9.80. The first-order valence-electron chi connectivity index (χ1n) is 6.45. The fourth-order valence-electron chi connectivity index (χ4n) is 3.29. The van der Waals surface area contributed by atoms with Crippen LogP contribution in [-0.4, -0.2) is 37.1 Å². The van der Waals surface area contributed by atoms with Crippen molar-refractivity contribution in [3.63, 3.8) is 0 Å². The second kappa shape index (κ2) is 5.31. The number of nitrogens with one attached hydrogen (secondary N) is 1. The Balaban J connectivity index is 2.84. The maximum absolute atomic E-state index is 3.70. The Labute approximate surface area is 95.4 Å². The Hall–Kier alpha value is -0.0800. The van der Waals surface area contributed by atoms with Crippen molar-refractivity contribution in [2.45, 2.75) is 58.0 Å². The molecule has 0 radical (unpaired) electrons. The number of rotatable bonds is 5. The van der Waals surface area contributed by atoms with Gasteiger partial charge in [0.05, 0.1) is 0 Å². The van der Waals surface area contributed by atoms with E-state index in [0.29, 0.717) is 17.5 Å². The summed E-state index contributed by atoms with van der Waals surface area (Å²) in [4.78, 5) is 2.47. The van der Waals surface area contributed by atoms with Gasteiger partial charge in [-0.3, -0.25) is 0 Å². The number of likely N-dealkylation sites (N-methyl/N-ethyl adjacent to an activating group) is 2. The molecule has 15 heavy (non-hydrogen) atoms. The summed E-state index contributed by atoms with van der Waals surface area (Å²) in [6, 6.07) is 0.639. The molecule has 1 rings (SSSR count). The highest BCUT2D eigenvalue weighted by Crippen LogP contribution is 2.38. The fraction of sp³-hybridized carbons (Fsp3) is 1.00. The van der Waals surface area contributed by atoms with E-state index in [1.807, 2.05) is 0 Å². The summed E-state index contributed by atoms with van der Waals surface area (Å²) < 4.78 is 0. The van der Waals surface area contributed by atoms with E-state index in [9.17, 15) is 0 Å². The molecule has 0 saturated heterocycles.